The lowest BCUT2D eigenvalue weighted by molar-refractivity contribution is -0.142. The molecule has 4 heterocycles. The van der Waals surface area contributed by atoms with Gasteiger partial charge in [-0.25, -0.2) is 9.59 Å². The number of carbonyl (C=O) groups excluding carboxylic acids is 3. The maximum Gasteiger partial charge on any atom is 0.418 e. The number of hydrogen-bond donors (Lipinski definition) is 2. The van der Waals surface area contributed by atoms with Crippen LogP contribution in [0.3, 0.4) is 0 Å². The molecule has 3 fully saturated rings. The lowest BCUT2D eigenvalue weighted by Gasteiger charge is -2.44. The van der Waals surface area contributed by atoms with Crippen molar-refractivity contribution in [2.45, 2.75) is 68.9 Å². The summed E-state index contributed by atoms with van der Waals surface area (Å²) in [6.45, 7) is 3.41. The van der Waals surface area contributed by atoms with Gasteiger partial charge >= 0.3 is 18.4 Å². The molecule has 4 aliphatic rings. The van der Waals surface area contributed by atoms with Crippen molar-refractivity contribution in [3.8, 4) is 0 Å². The Labute approximate surface area is 273 Å². The summed E-state index contributed by atoms with van der Waals surface area (Å²) in [5.74, 6) is -0.440. The van der Waals surface area contributed by atoms with Crippen molar-refractivity contribution in [2.24, 2.45) is 0 Å². The molecule has 3 amide bonds. The predicted octanol–water partition coefficient (Wildman–Crippen LogP) is 5.74. The Morgan fingerprint density at radius 2 is 1.72 bits per heavy atom. The number of carbonyl (C=O) groups is 3. The van der Waals surface area contributed by atoms with Crippen LogP contribution in [0.15, 0.2) is 40.9 Å². The average Bonchev–Trinajstić information content (AvgIpc) is 3.57. The van der Waals surface area contributed by atoms with Gasteiger partial charge in [-0.1, -0.05) is 18.2 Å². The molecule has 2 aromatic rings. The maximum atomic E-state index is 13.9. The van der Waals surface area contributed by atoms with Crippen LogP contribution in [-0.2, 0) is 32.5 Å². The molecule has 1 spiro atoms. The molecule has 0 bridgehead atoms. The molecule has 2 aromatic carbocycles. The van der Waals surface area contributed by atoms with Gasteiger partial charge in [0.2, 0.25) is 0 Å². The standard InChI is InChI=1S/C32H37BrF3N5O5/c33-24-18-20(17-23(27(24)37)32(34,35)36)19-26(28(42)40-13-7-21(8-14-40)39-11-3-4-12-39)45-30(44)41-15-9-31(10-16-41)22-5-1-2-6-25(22)38-29(43)46-31/h1-2,5-6,17-18,21,26H,3-4,7-16,19,37H2,(H,38,43)/t26-/m1/s1. The molecule has 3 saturated heterocycles. The third kappa shape index (κ3) is 6.64. The Morgan fingerprint density at radius 1 is 1.04 bits per heavy atom. The third-order valence-electron chi connectivity index (χ3n) is 9.64. The number of rotatable bonds is 5. The maximum absolute atomic E-state index is 13.9. The topological polar surface area (TPSA) is 117 Å². The number of piperidine rings is 2. The Balaban J connectivity index is 1.18. The number of halogens is 4. The van der Waals surface area contributed by atoms with E-state index in [4.69, 9.17) is 15.2 Å². The van der Waals surface area contributed by atoms with Gasteiger partial charge in [0.15, 0.2) is 6.10 Å². The van der Waals surface area contributed by atoms with Gasteiger partial charge in [-0.05, 0) is 78.5 Å². The molecular formula is C32H37BrF3N5O5. The van der Waals surface area contributed by atoms with E-state index in [-0.39, 0.29) is 29.5 Å². The SMILES string of the molecule is Nc1c(Br)cc(C[C@@H](OC(=O)N2CCC3(CC2)OC(=O)Nc2ccccc23)C(=O)N2CCC(N3CCCC3)CC2)cc1C(F)(F)F. The molecule has 6 rings (SSSR count). The highest BCUT2D eigenvalue weighted by Gasteiger charge is 2.46. The van der Waals surface area contributed by atoms with Crippen molar-refractivity contribution in [1.82, 2.24) is 14.7 Å². The monoisotopic (exact) mass is 707 g/mol. The van der Waals surface area contributed by atoms with Crippen LogP contribution in [0.1, 0.15) is 55.2 Å². The first-order chi connectivity index (χ1) is 21.9. The van der Waals surface area contributed by atoms with E-state index >= 15 is 0 Å². The van der Waals surface area contributed by atoms with Crippen LogP contribution in [0.4, 0.5) is 34.1 Å². The predicted molar refractivity (Wildman–Crippen MR) is 167 cm³/mol. The molecule has 0 radical (unpaired) electrons. The second-order valence-corrected chi connectivity index (χ2v) is 13.3. The number of nitrogens with zero attached hydrogens (tertiary/aromatic N) is 3. The minimum Gasteiger partial charge on any atom is -0.438 e. The Morgan fingerprint density at radius 3 is 2.39 bits per heavy atom. The smallest absolute Gasteiger partial charge is 0.418 e. The van der Waals surface area contributed by atoms with Gasteiger partial charge in [-0.2, -0.15) is 13.2 Å². The van der Waals surface area contributed by atoms with Gasteiger partial charge in [0.25, 0.3) is 5.91 Å². The highest BCUT2D eigenvalue weighted by Crippen LogP contribution is 2.43. The van der Waals surface area contributed by atoms with Gasteiger partial charge in [0.05, 0.1) is 16.9 Å². The van der Waals surface area contributed by atoms with Crippen LogP contribution in [0, 0.1) is 0 Å². The van der Waals surface area contributed by atoms with Crippen molar-refractivity contribution in [3.05, 3.63) is 57.6 Å². The molecular weight excluding hydrogens is 671 g/mol. The van der Waals surface area contributed by atoms with Crippen LogP contribution < -0.4 is 11.1 Å². The summed E-state index contributed by atoms with van der Waals surface area (Å²) in [7, 11) is 0. The van der Waals surface area contributed by atoms with E-state index in [1.165, 1.54) is 11.0 Å². The first-order valence-electron chi connectivity index (χ1n) is 15.7. The number of nitrogen functional groups attached to an aromatic ring is 1. The summed E-state index contributed by atoms with van der Waals surface area (Å²) >= 11 is 3.11. The van der Waals surface area contributed by atoms with E-state index in [2.05, 4.69) is 26.1 Å². The zero-order valence-corrected chi connectivity index (χ0v) is 26.9. The number of anilines is 2. The number of ether oxygens (including phenoxy) is 2. The quantitative estimate of drug-likeness (QED) is 0.381. The van der Waals surface area contributed by atoms with Crippen LogP contribution in [0.25, 0.3) is 0 Å². The molecule has 0 aromatic heterocycles. The van der Waals surface area contributed by atoms with Gasteiger partial charge in [0.1, 0.15) is 5.60 Å². The number of fused-ring (bicyclic) bond motifs is 2. The molecule has 248 valence electrons. The number of amides is 3. The second-order valence-electron chi connectivity index (χ2n) is 12.5. The zero-order valence-electron chi connectivity index (χ0n) is 25.3. The molecule has 14 heteroatoms. The molecule has 4 aliphatic heterocycles. The molecule has 1 atom stereocenters. The van der Waals surface area contributed by atoms with Crippen LogP contribution in [-0.4, -0.2) is 84.2 Å². The third-order valence-corrected chi connectivity index (χ3v) is 10.3. The summed E-state index contributed by atoms with van der Waals surface area (Å²) < 4.78 is 53.0. The van der Waals surface area contributed by atoms with Gasteiger partial charge in [-0.3, -0.25) is 10.1 Å². The molecule has 10 nitrogen and oxygen atoms in total. The van der Waals surface area contributed by atoms with E-state index in [1.807, 2.05) is 18.2 Å². The van der Waals surface area contributed by atoms with E-state index in [1.54, 1.807) is 11.0 Å². The molecule has 0 unspecified atom stereocenters. The highest BCUT2D eigenvalue weighted by atomic mass is 79.9. The Hall–Kier alpha value is -3.52. The normalized spacial score (nSPS) is 21.0. The van der Waals surface area contributed by atoms with Crippen molar-refractivity contribution < 1.29 is 37.0 Å². The van der Waals surface area contributed by atoms with E-state index in [0.717, 1.165) is 50.4 Å². The van der Waals surface area contributed by atoms with E-state index in [9.17, 15) is 27.6 Å². The molecule has 0 saturated carbocycles. The number of likely N-dealkylation sites (tertiary alicyclic amines) is 3. The zero-order chi connectivity index (χ0) is 32.6. The number of hydrogen-bond acceptors (Lipinski definition) is 7. The van der Waals surface area contributed by atoms with Crippen LogP contribution in [0.5, 0.6) is 0 Å². The average molecular weight is 709 g/mol. The number of alkyl halides is 3. The minimum atomic E-state index is -4.71. The van der Waals surface area contributed by atoms with Crippen molar-refractivity contribution >= 4 is 45.4 Å². The number of benzene rings is 2. The summed E-state index contributed by atoms with van der Waals surface area (Å²) in [6, 6.07) is 10.0. The molecule has 46 heavy (non-hydrogen) atoms. The molecule has 3 N–H and O–H groups in total. The fourth-order valence-electron chi connectivity index (χ4n) is 7.16. The first kappa shape index (κ1) is 32.4. The summed E-state index contributed by atoms with van der Waals surface area (Å²) in [5.41, 5.74) is 4.95. The lowest BCUT2D eigenvalue weighted by atomic mass is 9.82. The summed E-state index contributed by atoms with van der Waals surface area (Å²) in [6.07, 6.45) is -3.12. The molecule has 0 aliphatic carbocycles. The fourth-order valence-corrected chi connectivity index (χ4v) is 7.66. The number of nitrogens with one attached hydrogen (secondary N) is 1. The van der Waals surface area contributed by atoms with Crippen LogP contribution in [0.2, 0.25) is 0 Å². The van der Waals surface area contributed by atoms with Crippen molar-refractivity contribution in [3.63, 3.8) is 0 Å². The minimum absolute atomic E-state index is 0.0411. The van der Waals surface area contributed by atoms with Gasteiger partial charge < -0.3 is 29.9 Å². The number of para-hydroxylation sites is 1. The second kappa shape index (κ2) is 12.9. The van der Waals surface area contributed by atoms with Crippen molar-refractivity contribution in [2.75, 3.05) is 50.3 Å². The summed E-state index contributed by atoms with van der Waals surface area (Å²) in [4.78, 5) is 45.3. The lowest BCUT2D eigenvalue weighted by Crippen LogP contribution is -2.52. The number of nitrogens with two attached hydrogens (primary N) is 1. The van der Waals surface area contributed by atoms with Gasteiger partial charge in [-0.15, -0.1) is 0 Å². The van der Waals surface area contributed by atoms with Gasteiger partial charge in [0, 0.05) is 61.5 Å². The fraction of sp³-hybridized carbons (Fsp3) is 0.531. The largest absolute Gasteiger partial charge is 0.438 e. The van der Waals surface area contributed by atoms with Crippen molar-refractivity contribution in [1.29, 1.82) is 0 Å². The van der Waals surface area contributed by atoms with E-state index in [0.29, 0.717) is 37.7 Å². The van der Waals surface area contributed by atoms with Crippen LogP contribution >= 0.6 is 15.9 Å². The first-order valence-corrected chi connectivity index (χ1v) is 16.5. The summed E-state index contributed by atoms with van der Waals surface area (Å²) in [5, 5.41) is 2.70. The Kier molecular flexibility index (Phi) is 9.12. The van der Waals surface area contributed by atoms with E-state index < -0.39 is 47.2 Å². The highest BCUT2D eigenvalue weighted by molar-refractivity contribution is 9.10. The Bertz CT molecular complexity index is 1480.